The Morgan fingerprint density at radius 2 is 1.90 bits per heavy atom. The monoisotopic (exact) mass is 279 g/mol. The molecule has 96 valence electrons. The van der Waals surface area contributed by atoms with E-state index in [9.17, 15) is 9.90 Å². The molecule has 1 aliphatic carbocycles. The zero-order chi connectivity index (χ0) is 13.7. The van der Waals surface area contributed by atoms with Crippen molar-refractivity contribution in [3.05, 3.63) is 58.8 Å². The van der Waals surface area contributed by atoms with Gasteiger partial charge in [-0.05, 0) is 18.2 Å². The lowest BCUT2D eigenvalue weighted by atomic mass is 10.0. The third-order valence-corrected chi connectivity index (χ3v) is 4.45. The number of fused-ring (bicyclic) bond motifs is 4. The maximum atomic E-state index is 12.1. The summed E-state index contributed by atoms with van der Waals surface area (Å²) in [4.78, 5) is 17.6. The first-order valence-corrected chi connectivity index (χ1v) is 7.00. The average molecular weight is 279 g/mol. The fourth-order valence-electron chi connectivity index (χ4n) is 2.45. The Bertz CT molecular complexity index is 990. The SMILES string of the molecule is O=c1cc2sc3ccccc3nc-2c2c(O)cccc12. The molecule has 1 heterocycles. The van der Waals surface area contributed by atoms with Gasteiger partial charge >= 0.3 is 0 Å². The van der Waals surface area contributed by atoms with Crippen LogP contribution in [0.3, 0.4) is 0 Å². The van der Waals surface area contributed by atoms with Crippen molar-refractivity contribution in [2.75, 3.05) is 0 Å². The van der Waals surface area contributed by atoms with Crippen LogP contribution in [0.1, 0.15) is 0 Å². The Balaban J connectivity index is 2.32. The van der Waals surface area contributed by atoms with Gasteiger partial charge in [0, 0.05) is 11.5 Å². The number of rotatable bonds is 0. The molecule has 0 spiro atoms. The van der Waals surface area contributed by atoms with E-state index in [-0.39, 0.29) is 11.2 Å². The van der Waals surface area contributed by atoms with Crippen molar-refractivity contribution in [1.82, 2.24) is 4.98 Å². The summed E-state index contributed by atoms with van der Waals surface area (Å²) in [5, 5.41) is 11.1. The van der Waals surface area contributed by atoms with Gasteiger partial charge in [-0.2, -0.15) is 0 Å². The molecule has 0 bridgehead atoms. The summed E-state index contributed by atoms with van der Waals surface area (Å²) in [6.45, 7) is 0. The van der Waals surface area contributed by atoms with Crippen molar-refractivity contribution in [1.29, 1.82) is 0 Å². The average Bonchev–Trinajstić information content (AvgIpc) is 2.46. The molecule has 0 saturated carbocycles. The maximum absolute atomic E-state index is 12.1. The standard InChI is InChI=1S/C16H9NO2S/c18-11-6-3-4-9-12(19)8-14-16(15(9)11)17-10-5-1-2-7-13(10)20-14/h1-8,18H. The molecular weight excluding hydrogens is 270 g/mol. The summed E-state index contributed by atoms with van der Waals surface area (Å²) in [5.41, 5.74) is 1.46. The molecule has 2 aliphatic rings. The van der Waals surface area contributed by atoms with Crippen molar-refractivity contribution < 1.29 is 5.11 Å². The first kappa shape index (κ1) is 11.4. The molecule has 0 radical (unpaired) electrons. The van der Waals surface area contributed by atoms with Gasteiger partial charge in [-0.15, -0.1) is 11.3 Å². The van der Waals surface area contributed by atoms with E-state index in [0.717, 1.165) is 15.1 Å². The predicted molar refractivity (Wildman–Crippen MR) is 81.7 cm³/mol. The lowest BCUT2D eigenvalue weighted by Crippen LogP contribution is -2.03. The fraction of sp³-hybridized carbons (Fsp3) is 0. The van der Waals surface area contributed by atoms with Crippen molar-refractivity contribution in [3.8, 4) is 16.3 Å². The number of hydrogen-bond acceptors (Lipinski definition) is 4. The molecule has 20 heavy (non-hydrogen) atoms. The number of nitrogens with zero attached hydrogens (tertiary/aromatic N) is 1. The normalized spacial score (nSPS) is 11.4. The van der Waals surface area contributed by atoms with Gasteiger partial charge in [0.2, 0.25) is 0 Å². The third kappa shape index (κ3) is 1.52. The molecule has 0 amide bonds. The minimum Gasteiger partial charge on any atom is -0.507 e. The largest absolute Gasteiger partial charge is 0.507 e. The molecule has 1 aliphatic heterocycles. The molecule has 0 fully saturated rings. The molecule has 4 rings (SSSR count). The quantitative estimate of drug-likeness (QED) is 0.395. The minimum atomic E-state index is -0.0864. The predicted octanol–water partition coefficient (Wildman–Crippen LogP) is 3.62. The Morgan fingerprint density at radius 1 is 1.05 bits per heavy atom. The smallest absolute Gasteiger partial charge is 0.188 e. The molecular formula is C16H9NO2S. The van der Waals surface area contributed by atoms with Crippen LogP contribution in [0.5, 0.6) is 5.75 Å². The number of benzene rings is 3. The lowest BCUT2D eigenvalue weighted by molar-refractivity contribution is 0.481. The summed E-state index contributed by atoms with van der Waals surface area (Å²) in [6.07, 6.45) is 0. The second-order valence-electron chi connectivity index (χ2n) is 4.60. The van der Waals surface area contributed by atoms with E-state index < -0.39 is 0 Å². The second kappa shape index (κ2) is 4.02. The van der Waals surface area contributed by atoms with Crippen molar-refractivity contribution in [3.63, 3.8) is 0 Å². The highest BCUT2D eigenvalue weighted by Crippen LogP contribution is 2.37. The third-order valence-electron chi connectivity index (χ3n) is 3.36. The maximum Gasteiger partial charge on any atom is 0.188 e. The van der Waals surface area contributed by atoms with Crippen LogP contribution in [0.4, 0.5) is 0 Å². The van der Waals surface area contributed by atoms with Crippen LogP contribution < -0.4 is 5.43 Å². The van der Waals surface area contributed by atoms with Gasteiger partial charge in [0.25, 0.3) is 0 Å². The molecule has 2 aromatic rings. The van der Waals surface area contributed by atoms with Gasteiger partial charge in [0.15, 0.2) is 5.43 Å². The second-order valence-corrected chi connectivity index (χ2v) is 5.69. The molecule has 0 unspecified atom stereocenters. The van der Waals surface area contributed by atoms with E-state index in [1.165, 1.54) is 11.3 Å². The number of para-hydroxylation sites is 1. The minimum absolute atomic E-state index is 0.0864. The van der Waals surface area contributed by atoms with Crippen LogP contribution in [-0.2, 0) is 0 Å². The topological polar surface area (TPSA) is 50.2 Å². The van der Waals surface area contributed by atoms with E-state index in [2.05, 4.69) is 4.98 Å². The number of phenols is 1. The summed E-state index contributed by atoms with van der Waals surface area (Å²) in [5.74, 6) is 0.0974. The lowest BCUT2D eigenvalue weighted by Gasteiger charge is -2.10. The van der Waals surface area contributed by atoms with Crippen molar-refractivity contribution >= 4 is 32.3 Å². The molecule has 1 N–H and O–H groups in total. The van der Waals surface area contributed by atoms with E-state index >= 15 is 0 Å². The summed E-state index contributed by atoms with van der Waals surface area (Å²) >= 11 is 1.52. The van der Waals surface area contributed by atoms with Crippen molar-refractivity contribution in [2.45, 2.75) is 0 Å². The highest BCUT2D eigenvalue weighted by Gasteiger charge is 2.16. The van der Waals surface area contributed by atoms with E-state index in [1.54, 1.807) is 24.3 Å². The summed E-state index contributed by atoms with van der Waals surface area (Å²) in [7, 11) is 0. The fourth-order valence-corrected chi connectivity index (χ4v) is 3.46. The van der Waals surface area contributed by atoms with Crippen LogP contribution in [-0.4, -0.2) is 10.1 Å². The van der Waals surface area contributed by atoms with Gasteiger partial charge in [0.1, 0.15) is 5.75 Å². The highest BCUT2D eigenvalue weighted by molar-refractivity contribution is 7.21. The number of hydrogen-bond donors (Lipinski definition) is 1. The van der Waals surface area contributed by atoms with Gasteiger partial charge in [-0.1, -0.05) is 24.3 Å². The zero-order valence-corrected chi connectivity index (χ0v) is 11.1. The van der Waals surface area contributed by atoms with Gasteiger partial charge in [0.05, 0.1) is 26.2 Å². The number of phenolic OH excluding ortho intramolecular Hbond substituents is 1. The molecule has 3 nitrogen and oxygen atoms in total. The Hall–Kier alpha value is -2.46. The van der Waals surface area contributed by atoms with E-state index in [1.807, 2.05) is 24.3 Å². The highest BCUT2D eigenvalue weighted by atomic mass is 32.1. The van der Waals surface area contributed by atoms with Crippen LogP contribution in [0.25, 0.3) is 31.6 Å². The van der Waals surface area contributed by atoms with Crippen LogP contribution in [0, 0.1) is 0 Å². The van der Waals surface area contributed by atoms with E-state index in [4.69, 9.17) is 0 Å². The number of aromatic nitrogens is 1. The first-order chi connectivity index (χ1) is 9.74. The molecule has 0 aromatic heterocycles. The Labute approximate surface area is 118 Å². The Morgan fingerprint density at radius 3 is 2.80 bits per heavy atom. The van der Waals surface area contributed by atoms with Crippen LogP contribution in [0.15, 0.2) is 53.3 Å². The zero-order valence-electron chi connectivity index (χ0n) is 10.3. The summed E-state index contributed by atoms with van der Waals surface area (Å²) < 4.78 is 1.02. The number of aromatic hydroxyl groups is 1. The molecule has 2 aromatic carbocycles. The molecule has 0 saturated heterocycles. The molecule has 4 heteroatoms. The Kier molecular flexibility index (Phi) is 2.28. The van der Waals surface area contributed by atoms with E-state index in [0.29, 0.717) is 16.5 Å². The summed E-state index contributed by atoms with van der Waals surface area (Å²) in [6, 6.07) is 14.4. The van der Waals surface area contributed by atoms with Crippen LogP contribution in [0.2, 0.25) is 0 Å². The van der Waals surface area contributed by atoms with Gasteiger partial charge in [-0.25, -0.2) is 4.98 Å². The van der Waals surface area contributed by atoms with Gasteiger partial charge in [-0.3, -0.25) is 4.79 Å². The molecule has 0 atom stereocenters. The van der Waals surface area contributed by atoms with Crippen LogP contribution >= 0.6 is 11.3 Å². The first-order valence-electron chi connectivity index (χ1n) is 6.18. The van der Waals surface area contributed by atoms with Crippen molar-refractivity contribution in [2.24, 2.45) is 0 Å². The van der Waals surface area contributed by atoms with Gasteiger partial charge < -0.3 is 5.11 Å².